The Morgan fingerprint density at radius 1 is 0.917 bits per heavy atom. The van der Waals surface area contributed by atoms with E-state index in [4.69, 9.17) is 5.11 Å². The van der Waals surface area contributed by atoms with Crippen LogP contribution >= 0.6 is 0 Å². The topological polar surface area (TPSA) is 68.3 Å². The minimum atomic E-state index is 0.236. The molecule has 1 aliphatic heterocycles. The fraction of sp³-hybridized carbons (Fsp3) is 1.00. The van der Waals surface area contributed by atoms with E-state index in [1.165, 1.54) is 0 Å². The lowest BCUT2D eigenvalue weighted by atomic mass is 10.1. The highest BCUT2D eigenvalue weighted by atomic mass is 16.3. The van der Waals surface area contributed by atoms with Gasteiger partial charge in [-0.05, 0) is 0 Å². The Labute approximate surface area is 72.9 Å². The largest absolute Gasteiger partial charge is 0.396 e. The summed E-state index contributed by atoms with van der Waals surface area (Å²) in [5.41, 5.74) is 0. The lowest BCUT2D eigenvalue weighted by Crippen LogP contribution is -2.46. The smallest absolute Gasteiger partial charge is 0.0483 e. The molecule has 5 heteroatoms. The molecule has 0 aromatic carbocycles. The van der Waals surface area contributed by atoms with Crippen LogP contribution in [0.5, 0.6) is 0 Å². The summed E-state index contributed by atoms with van der Waals surface area (Å²) in [6.45, 7) is 4.35. The minimum absolute atomic E-state index is 0.236. The third kappa shape index (κ3) is 3.99. The summed E-state index contributed by atoms with van der Waals surface area (Å²) in [5.74, 6) is 0.312. The second kappa shape index (κ2) is 6.33. The van der Waals surface area contributed by atoms with Crippen LogP contribution in [0.15, 0.2) is 0 Å². The van der Waals surface area contributed by atoms with Gasteiger partial charge in [0.2, 0.25) is 0 Å². The van der Waals surface area contributed by atoms with E-state index in [-0.39, 0.29) is 6.61 Å². The van der Waals surface area contributed by atoms with Crippen LogP contribution in [-0.2, 0) is 0 Å². The van der Waals surface area contributed by atoms with Crippen molar-refractivity contribution in [1.29, 1.82) is 0 Å². The van der Waals surface area contributed by atoms with E-state index in [0.717, 1.165) is 33.1 Å². The predicted octanol–water partition coefficient (Wildman–Crippen LogP) is -2.16. The first kappa shape index (κ1) is 9.88. The van der Waals surface area contributed by atoms with Crippen LogP contribution in [0.4, 0.5) is 0 Å². The monoisotopic (exact) mass is 174 g/mol. The Morgan fingerprint density at radius 2 is 1.42 bits per heavy atom. The van der Waals surface area contributed by atoms with Crippen molar-refractivity contribution in [2.45, 2.75) is 0 Å². The van der Waals surface area contributed by atoms with Crippen molar-refractivity contribution < 1.29 is 5.11 Å². The van der Waals surface area contributed by atoms with Gasteiger partial charge in [0.1, 0.15) is 0 Å². The third-order valence-electron chi connectivity index (χ3n) is 1.87. The lowest BCUT2D eigenvalue weighted by molar-refractivity contribution is 0.215. The minimum Gasteiger partial charge on any atom is -0.396 e. The van der Waals surface area contributed by atoms with E-state index in [1.807, 2.05) is 0 Å². The molecule has 0 amide bonds. The zero-order chi connectivity index (χ0) is 8.65. The number of aliphatic hydroxyl groups excluding tert-OH is 1. The Hall–Kier alpha value is -0.200. The first-order valence-electron chi connectivity index (χ1n) is 4.37. The predicted molar refractivity (Wildman–Crippen MR) is 47.5 cm³/mol. The molecular formula is C7H18N4O. The number of nitrogens with one attached hydrogen (secondary N) is 4. The van der Waals surface area contributed by atoms with Gasteiger partial charge in [0.05, 0.1) is 0 Å². The van der Waals surface area contributed by atoms with E-state index < -0.39 is 0 Å². The summed E-state index contributed by atoms with van der Waals surface area (Å²) in [4.78, 5) is 0. The summed E-state index contributed by atoms with van der Waals surface area (Å²) in [6, 6.07) is 0. The van der Waals surface area contributed by atoms with Crippen molar-refractivity contribution in [3.8, 4) is 0 Å². The van der Waals surface area contributed by atoms with E-state index in [2.05, 4.69) is 21.3 Å². The fourth-order valence-corrected chi connectivity index (χ4v) is 1.14. The Morgan fingerprint density at radius 3 is 1.92 bits per heavy atom. The number of hydrogen-bond donors (Lipinski definition) is 5. The molecule has 0 atom stereocenters. The van der Waals surface area contributed by atoms with Gasteiger partial charge >= 0.3 is 0 Å². The molecule has 0 saturated carbocycles. The number of rotatable bonds is 1. The van der Waals surface area contributed by atoms with E-state index in [0.29, 0.717) is 5.92 Å². The standard InChI is InChI=1S/C7H18N4O/c12-3-7-1-8-4-10-6-11-5-9-2-7/h7-12H,1-6H2. The zero-order valence-electron chi connectivity index (χ0n) is 7.27. The van der Waals surface area contributed by atoms with Crippen LogP contribution in [0.2, 0.25) is 0 Å². The van der Waals surface area contributed by atoms with E-state index in [9.17, 15) is 0 Å². The van der Waals surface area contributed by atoms with Crippen LogP contribution in [0.25, 0.3) is 0 Å². The molecule has 5 nitrogen and oxygen atoms in total. The number of hydrogen-bond acceptors (Lipinski definition) is 5. The summed E-state index contributed by atoms with van der Waals surface area (Å²) in [7, 11) is 0. The van der Waals surface area contributed by atoms with Crippen LogP contribution in [-0.4, -0.2) is 44.8 Å². The molecule has 1 fully saturated rings. The van der Waals surface area contributed by atoms with Crippen LogP contribution in [0, 0.1) is 5.92 Å². The molecule has 0 unspecified atom stereocenters. The average Bonchev–Trinajstić information content (AvgIpc) is 2.14. The van der Waals surface area contributed by atoms with Crippen molar-refractivity contribution in [2.75, 3.05) is 39.7 Å². The molecule has 12 heavy (non-hydrogen) atoms. The van der Waals surface area contributed by atoms with Crippen molar-refractivity contribution >= 4 is 0 Å². The second-order valence-electron chi connectivity index (χ2n) is 2.99. The molecule has 0 aromatic rings. The Kier molecular flexibility index (Phi) is 5.21. The van der Waals surface area contributed by atoms with Gasteiger partial charge in [0.25, 0.3) is 0 Å². The van der Waals surface area contributed by atoms with Crippen molar-refractivity contribution in [1.82, 2.24) is 21.3 Å². The molecule has 1 heterocycles. The Bertz CT molecular complexity index is 102. The van der Waals surface area contributed by atoms with Crippen molar-refractivity contribution in [3.05, 3.63) is 0 Å². The summed E-state index contributed by atoms with van der Waals surface area (Å²) < 4.78 is 0. The molecule has 1 aliphatic rings. The molecule has 0 aliphatic carbocycles. The molecule has 0 radical (unpaired) electrons. The molecule has 5 N–H and O–H groups in total. The summed E-state index contributed by atoms with van der Waals surface area (Å²) in [6.07, 6.45) is 0. The highest BCUT2D eigenvalue weighted by molar-refractivity contribution is 4.64. The SMILES string of the molecule is OCC1CNCNCNCNC1. The second-order valence-corrected chi connectivity index (χ2v) is 2.99. The molecule has 0 aromatic heterocycles. The van der Waals surface area contributed by atoms with Gasteiger partial charge in [0, 0.05) is 45.6 Å². The normalized spacial score (nSPS) is 23.8. The van der Waals surface area contributed by atoms with Crippen LogP contribution < -0.4 is 21.3 Å². The molecule has 0 bridgehead atoms. The average molecular weight is 174 g/mol. The maximum absolute atomic E-state index is 8.95. The number of aliphatic hydroxyl groups is 1. The van der Waals surface area contributed by atoms with Crippen LogP contribution in [0.3, 0.4) is 0 Å². The van der Waals surface area contributed by atoms with Gasteiger partial charge in [-0.1, -0.05) is 0 Å². The zero-order valence-corrected chi connectivity index (χ0v) is 7.27. The molecule has 72 valence electrons. The fourth-order valence-electron chi connectivity index (χ4n) is 1.14. The van der Waals surface area contributed by atoms with Crippen molar-refractivity contribution in [3.63, 3.8) is 0 Å². The van der Waals surface area contributed by atoms with Gasteiger partial charge in [-0.15, -0.1) is 0 Å². The molecule has 1 rings (SSSR count). The van der Waals surface area contributed by atoms with Gasteiger partial charge in [-0.3, -0.25) is 10.6 Å². The third-order valence-corrected chi connectivity index (χ3v) is 1.87. The molecular weight excluding hydrogens is 156 g/mol. The maximum Gasteiger partial charge on any atom is 0.0483 e. The first-order chi connectivity index (χ1) is 5.93. The summed E-state index contributed by atoms with van der Waals surface area (Å²) >= 11 is 0. The lowest BCUT2D eigenvalue weighted by Gasteiger charge is -2.18. The highest BCUT2D eigenvalue weighted by Gasteiger charge is 2.06. The summed E-state index contributed by atoms with van der Waals surface area (Å²) in [5, 5.41) is 21.7. The van der Waals surface area contributed by atoms with Gasteiger partial charge in [-0.25, -0.2) is 0 Å². The van der Waals surface area contributed by atoms with Crippen molar-refractivity contribution in [2.24, 2.45) is 5.92 Å². The molecule has 0 spiro atoms. The quantitative estimate of drug-likeness (QED) is 0.313. The highest BCUT2D eigenvalue weighted by Crippen LogP contribution is 1.89. The van der Waals surface area contributed by atoms with Crippen LogP contribution in [0.1, 0.15) is 0 Å². The van der Waals surface area contributed by atoms with E-state index in [1.54, 1.807) is 0 Å². The van der Waals surface area contributed by atoms with Gasteiger partial charge in [-0.2, -0.15) is 0 Å². The Balaban J connectivity index is 2.17. The maximum atomic E-state index is 8.95. The van der Waals surface area contributed by atoms with Gasteiger partial charge in [0.15, 0.2) is 0 Å². The van der Waals surface area contributed by atoms with E-state index >= 15 is 0 Å². The first-order valence-corrected chi connectivity index (χ1v) is 4.37. The van der Waals surface area contributed by atoms with Gasteiger partial charge < -0.3 is 15.7 Å². The molecule has 1 saturated heterocycles.